The summed E-state index contributed by atoms with van der Waals surface area (Å²) in [7, 11) is 0. The average molecular weight is 258 g/mol. The molecule has 102 valence electrons. The van der Waals surface area contributed by atoms with Gasteiger partial charge < -0.3 is 11.1 Å². The highest BCUT2D eigenvalue weighted by molar-refractivity contribution is 5.93. The van der Waals surface area contributed by atoms with Gasteiger partial charge in [0.2, 0.25) is 5.91 Å². The lowest BCUT2D eigenvalue weighted by Gasteiger charge is -2.26. The third kappa shape index (κ3) is 2.98. The van der Waals surface area contributed by atoms with E-state index in [2.05, 4.69) is 23.5 Å². The van der Waals surface area contributed by atoms with Crippen molar-refractivity contribution in [3.63, 3.8) is 0 Å². The smallest absolute Gasteiger partial charge is 0.224 e. The number of amides is 1. The van der Waals surface area contributed by atoms with Gasteiger partial charge in [-0.1, -0.05) is 12.1 Å². The van der Waals surface area contributed by atoms with Crippen LogP contribution in [0.2, 0.25) is 0 Å². The van der Waals surface area contributed by atoms with Crippen LogP contribution in [0.25, 0.3) is 0 Å². The Morgan fingerprint density at radius 3 is 2.74 bits per heavy atom. The molecule has 0 bridgehead atoms. The van der Waals surface area contributed by atoms with Crippen molar-refractivity contribution >= 4 is 11.6 Å². The van der Waals surface area contributed by atoms with Gasteiger partial charge in [-0.05, 0) is 61.6 Å². The first kappa shape index (κ1) is 12.7. The molecule has 3 N–H and O–H groups in total. The molecule has 3 nitrogen and oxygen atoms in total. The number of anilines is 1. The molecule has 19 heavy (non-hydrogen) atoms. The Labute approximate surface area is 114 Å². The standard InChI is InChI=1S/C16H22N2O/c17-14-5-1-11(2-6-14)9-12-3-7-15-13(10-12)4-8-16(19)18-15/h3,7,10-11,14H,1-2,4-6,8-9,17H2,(H,18,19). The van der Waals surface area contributed by atoms with Gasteiger partial charge in [0.05, 0.1) is 0 Å². The third-order valence-electron chi connectivity index (χ3n) is 4.48. The van der Waals surface area contributed by atoms with E-state index in [4.69, 9.17) is 5.73 Å². The molecule has 0 unspecified atom stereocenters. The van der Waals surface area contributed by atoms with Crippen molar-refractivity contribution in [3.8, 4) is 0 Å². The van der Waals surface area contributed by atoms with Gasteiger partial charge in [-0.15, -0.1) is 0 Å². The van der Waals surface area contributed by atoms with Crippen LogP contribution in [-0.4, -0.2) is 11.9 Å². The fourth-order valence-corrected chi connectivity index (χ4v) is 3.29. The normalized spacial score (nSPS) is 26.7. The van der Waals surface area contributed by atoms with Crippen molar-refractivity contribution in [2.75, 3.05) is 5.32 Å². The molecule has 1 aromatic carbocycles. The van der Waals surface area contributed by atoms with Crippen molar-refractivity contribution in [2.24, 2.45) is 11.7 Å². The fraction of sp³-hybridized carbons (Fsp3) is 0.562. The molecular weight excluding hydrogens is 236 g/mol. The maximum Gasteiger partial charge on any atom is 0.224 e. The number of aryl methyl sites for hydroxylation is 1. The number of hydrogen-bond acceptors (Lipinski definition) is 2. The maximum absolute atomic E-state index is 11.3. The van der Waals surface area contributed by atoms with E-state index >= 15 is 0 Å². The minimum atomic E-state index is 0.140. The maximum atomic E-state index is 11.3. The van der Waals surface area contributed by atoms with Gasteiger partial charge in [0.25, 0.3) is 0 Å². The molecule has 1 aliphatic carbocycles. The quantitative estimate of drug-likeness (QED) is 0.856. The Morgan fingerprint density at radius 1 is 1.16 bits per heavy atom. The third-order valence-corrected chi connectivity index (χ3v) is 4.48. The molecule has 0 spiro atoms. The second kappa shape index (κ2) is 5.33. The zero-order chi connectivity index (χ0) is 13.2. The molecule has 2 aliphatic rings. The highest BCUT2D eigenvalue weighted by Gasteiger charge is 2.20. The Bertz CT molecular complexity index is 476. The van der Waals surface area contributed by atoms with Crippen LogP contribution in [0, 0.1) is 5.92 Å². The Hall–Kier alpha value is -1.35. The Balaban J connectivity index is 1.67. The molecule has 3 heteroatoms. The molecular formula is C16H22N2O. The number of fused-ring (bicyclic) bond motifs is 1. The van der Waals surface area contributed by atoms with Crippen LogP contribution >= 0.6 is 0 Å². The Morgan fingerprint density at radius 2 is 1.95 bits per heavy atom. The zero-order valence-electron chi connectivity index (χ0n) is 11.3. The molecule has 1 aromatic rings. The van der Waals surface area contributed by atoms with Crippen LogP contribution in [0.3, 0.4) is 0 Å². The number of benzene rings is 1. The molecule has 0 aromatic heterocycles. The van der Waals surface area contributed by atoms with Crippen molar-refractivity contribution in [3.05, 3.63) is 29.3 Å². The lowest BCUT2D eigenvalue weighted by atomic mass is 9.82. The first-order valence-electron chi connectivity index (χ1n) is 7.38. The summed E-state index contributed by atoms with van der Waals surface area (Å²) in [5.74, 6) is 0.928. The van der Waals surface area contributed by atoms with Gasteiger partial charge in [-0.3, -0.25) is 4.79 Å². The largest absolute Gasteiger partial charge is 0.328 e. The van der Waals surface area contributed by atoms with Crippen LogP contribution in [0.15, 0.2) is 18.2 Å². The molecule has 3 rings (SSSR count). The molecule has 1 amide bonds. The van der Waals surface area contributed by atoms with Gasteiger partial charge >= 0.3 is 0 Å². The van der Waals surface area contributed by atoms with Crippen molar-refractivity contribution < 1.29 is 4.79 Å². The van der Waals surface area contributed by atoms with Crippen LogP contribution in [0.4, 0.5) is 5.69 Å². The summed E-state index contributed by atoms with van der Waals surface area (Å²) < 4.78 is 0. The number of nitrogens with two attached hydrogens (primary N) is 1. The van der Waals surface area contributed by atoms with E-state index in [0.717, 1.165) is 24.4 Å². The first-order chi connectivity index (χ1) is 9.20. The summed E-state index contributed by atoms with van der Waals surface area (Å²) in [5.41, 5.74) is 9.67. The first-order valence-corrected chi connectivity index (χ1v) is 7.38. The number of carbonyl (C=O) groups is 1. The summed E-state index contributed by atoms with van der Waals surface area (Å²) in [6.45, 7) is 0. The minimum Gasteiger partial charge on any atom is -0.328 e. The van der Waals surface area contributed by atoms with Gasteiger partial charge in [0, 0.05) is 18.2 Å². The molecule has 1 fully saturated rings. The minimum absolute atomic E-state index is 0.140. The predicted octanol–water partition coefficient (Wildman–Crippen LogP) is 2.63. The lowest BCUT2D eigenvalue weighted by Crippen LogP contribution is -2.27. The molecule has 1 heterocycles. The highest BCUT2D eigenvalue weighted by atomic mass is 16.1. The van der Waals surface area contributed by atoms with E-state index in [9.17, 15) is 4.79 Å². The Kier molecular flexibility index (Phi) is 3.56. The summed E-state index contributed by atoms with van der Waals surface area (Å²) in [4.78, 5) is 11.3. The van der Waals surface area contributed by atoms with Gasteiger partial charge in [0.15, 0.2) is 0 Å². The molecule has 0 radical (unpaired) electrons. The zero-order valence-corrected chi connectivity index (χ0v) is 11.3. The van der Waals surface area contributed by atoms with Crippen LogP contribution < -0.4 is 11.1 Å². The van der Waals surface area contributed by atoms with E-state index in [1.165, 1.54) is 36.8 Å². The van der Waals surface area contributed by atoms with Gasteiger partial charge in [-0.25, -0.2) is 0 Å². The number of carbonyl (C=O) groups excluding carboxylic acids is 1. The molecule has 1 saturated carbocycles. The van der Waals surface area contributed by atoms with E-state index in [1.54, 1.807) is 0 Å². The van der Waals surface area contributed by atoms with E-state index in [0.29, 0.717) is 12.5 Å². The van der Waals surface area contributed by atoms with Crippen molar-refractivity contribution in [2.45, 2.75) is 51.0 Å². The van der Waals surface area contributed by atoms with Gasteiger partial charge in [0.1, 0.15) is 0 Å². The molecule has 1 aliphatic heterocycles. The number of rotatable bonds is 2. The highest BCUT2D eigenvalue weighted by Crippen LogP contribution is 2.29. The summed E-state index contributed by atoms with van der Waals surface area (Å²) in [5, 5.41) is 2.94. The average Bonchev–Trinajstić information content (AvgIpc) is 2.42. The fourth-order valence-electron chi connectivity index (χ4n) is 3.29. The van der Waals surface area contributed by atoms with E-state index < -0.39 is 0 Å². The molecule has 0 saturated heterocycles. The monoisotopic (exact) mass is 258 g/mol. The van der Waals surface area contributed by atoms with Crippen molar-refractivity contribution in [1.29, 1.82) is 0 Å². The van der Waals surface area contributed by atoms with E-state index in [-0.39, 0.29) is 5.91 Å². The van der Waals surface area contributed by atoms with Crippen LogP contribution in [-0.2, 0) is 17.6 Å². The number of hydrogen-bond donors (Lipinski definition) is 2. The van der Waals surface area contributed by atoms with E-state index in [1.807, 2.05) is 0 Å². The van der Waals surface area contributed by atoms with Gasteiger partial charge in [-0.2, -0.15) is 0 Å². The lowest BCUT2D eigenvalue weighted by molar-refractivity contribution is -0.116. The molecule has 0 atom stereocenters. The van der Waals surface area contributed by atoms with Crippen LogP contribution in [0.5, 0.6) is 0 Å². The second-order valence-electron chi connectivity index (χ2n) is 6.02. The second-order valence-corrected chi connectivity index (χ2v) is 6.02. The topological polar surface area (TPSA) is 55.1 Å². The van der Waals surface area contributed by atoms with Crippen LogP contribution in [0.1, 0.15) is 43.2 Å². The summed E-state index contributed by atoms with van der Waals surface area (Å²) in [6, 6.07) is 6.94. The number of nitrogens with one attached hydrogen (secondary N) is 1. The predicted molar refractivity (Wildman–Crippen MR) is 77.0 cm³/mol. The SMILES string of the molecule is NC1CCC(Cc2ccc3c(c2)CCC(=O)N3)CC1. The summed E-state index contributed by atoms with van der Waals surface area (Å²) >= 11 is 0. The summed E-state index contributed by atoms with van der Waals surface area (Å²) in [6.07, 6.45) is 7.52. The van der Waals surface area contributed by atoms with Crippen molar-refractivity contribution in [1.82, 2.24) is 0 Å².